The number of nitrogens with one attached hydrogen (secondary N) is 1. The molecule has 3 heterocycles. The molecule has 0 spiro atoms. The van der Waals surface area contributed by atoms with Gasteiger partial charge in [-0.3, -0.25) is 19.2 Å². The zero-order valence-corrected chi connectivity index (χ0v) is 41.7. The Labute approximate surface area is 409 Å². The van der Waals surface area contributed by atoms with Crippen LogP contribution in [-0.4, -0.2) is 108 Å². The molecule has 0 radical (unpaired) electrons. The summed E-state index contributed by atoms with van der Waals surface area (Å²) in [5.41, 5.74) is 18.1. The molecule has 12 nitrogen and oxygen atoms in total. The van der Waals surface area contributed by atoms with Gasteiger partial charge in [-0.15, -0.1) is 0 Å². The Bertz CT molecular complexity index is 2690. The fourth-order valence-corrected chi connectivity index (χ4v) is 9.79. The topological polar surface area (TPSA) is 144 Å². The number of aliphatic imine (C=N–C) groups is 2. The Morgan fingerprint density at radius 3 is 1.84 bits per heavy atom. The molecule has 0 aliphatic carbocycles. The van der Waals surface area contributed by atoms with Gasteiger partial charge in [0.05, 0.1) is 11.4 Å². The van der Waals surface area contributed by atoms with Crippen LogP contribution in [0, 0.1) is 0 Å². The van der Waals surface area contributed by atoms with E-state index in [1.54, 1.807) is 0 Å². The Balaban J connectivity index is 1.11. The highest BCUT2D eigenvalue weighted by Gasteiger charge is 2.28. The lowest BCUT2D eigenvalue weighted by molar-refractivity contribution is -0.128. The Morgan fingerprint density at radius 1 is 0.725 bits per heavy atom. The summed E-state index contributed by atoms with van der Waals surface area (Å²) in [4.78, 5) is 71.1. The molecule has 4 aromatic carbocycles. The summed E-state index contributed by atoms with van der Waals surface area (Å²) < 4.78 is 0. The molecule has 3 N–H and O–H groups in total. The summed E-state index contributed by atoms with van der Waals surface area (Å²) in [5.74, 6) is 1.22. The van der Waals surface area contributed by atoms with Crippen LogP contribution in [0.1, 0.15) is 129 Å². The molecule has 69 heavy (non-hydrogen) atoms. The van der Waals surface area contributed by atoms with Gasteiger partial charge in [-0.1, -0.05) is 77.1 Å². The van der Waals surface area contributed by atoms with Gasteiger partial charge >= 0.3 is 0 Å². The van der Waals surface area contributed by atoms with Crippen LogP contribution >= 0.6 is 0 Å². The maximum absolute atomic E-state index is 14.2. The van der Waals surface area contributed by atoms with Crippen molar-refractivity contribution in [3.05, 3.63) is 117 Å². The molecule has 0 bridgehead atoms. The molecule has 0 aromatic heterocycles. The minimum absolute atomic E-state index is 0.00178. The number of nitrogens with zero attached hydrogens (tertiary/aromatic N) is 6. The molecule has 4 aromatic rings. The van der Waals surface area contributed by atoms with Crippen LogP contribution in [0.3, 0.4) is 0 Å². The van der Waals surface area contributed by atoms with E-state index in [4.69, 9.17) is 15.7 Å². The van der Waals surface area contributed by atoms with Crippen LogP contribution in [-0.2, 0) is 22.7 Å². The van der Waals surface area contributed by atoms with Crippen molar-refractivity contribution < 1.29 is 19.2 Å². The number of aldehydes is 1. The van der Waals surface area contributed by atoms with E-state index in [2.05, 4.69) is 76.0 Å². The van der Waals surface area contributed by atoms with E-state index in [0.717, 1.165) is 101 Å². The Morgan fingerprint density at radius 2 is 1.26 bits per heavy atom. The second-order valence-corrected chi connectivity index (χ2v) is 18.9. The van der Waals surface area contributed by atoms with Crippen LogP contribution in [0.4, 0.5) is 11.4 Å². The van der Waals surface area contributed by atoms with Crippen molar-refractivity contribution in [3.8, 4) is 22.3 Å². The predicted octanol–water partition coefficient (Wildman–Crippen LogP) is 10.2. The third-order valence-corrected chi connectivity index (χ3v) is 12.9. The minimum Gasteiger partial charge on any atom is -0.387 e. The number of likely N-dealkylation sites (N-methyl/N-ethyl adjacent to an activating group) is 1. The van der Waals surface area contributed by atoms with Gasteiger partial charge < -0.3 is 30.7 Å². The molecule has 12 heteroatoms. The van der Waals surface area contributed by atoms with Crippen LogP contribution in [0.15, 0.2) is 93.9 Å². The Hall–Kier alpha value is -6.66. The van der Waals surface area contributed by atoms with E-state index < -0.39 is 0 Å². The highest BCUT2D eigenvalue weighted by Crippen LogP contribution is 2.36. The highest BCUT2D eigenvalue weighted by molar-refractivity contribution is 6.07. The normalized spacial score (nSPS) is 14.6. The first kappa shape index (κ1) is 50.2. The molecule has 3 aliphatic heterocycles. The highest BCUT2D eigenvalue weighted by atomic mass is 16.2. The summed E-state index contributed by atoms with van der Waals surface area (Å²) in [6.07, 6.45) is 9.89. The fourth-order valence-electron chi connectivity index (χ4n) is 9.79. The maximum atomic E-state index is 14.2. The standard InChI is InChI=1S/C57H70N8O4/c1-8-21-63(22-9-2)55(67)46-28-43-16-13-41(30-51(43)60-53(58)32-46)39-15-18-45(37-66)48(26-39)35-62(7)34-38(6)59-54-33-47(56(68)64(23-10-3)24-11-4)29-44-17-14-42(31-52(44)61-54)40-19-20-50-49(27-40)36-65(25-12-5)57(50)69/h13-20,26-31,37-38H,8-12,21-25,32-36H2,1-7H3,(H2,58,60)(H,59,61). The van der Waals surface area contributed by atoms with E-state index in [9.17, 15) is 19.2 Å². The van der Waals surface area contributed by atoms with E-state index in [-0.39, 0.29) is 30.2 Å². The summed E-state index contributed by atoms with van der Waals surface area (Å²) in [5, 5.41) is 3.68. The summed E-state index contributed by atoms with van der Waals surface area (Å²) in [6.45, 7) is 17.8. The van der Waals surface area contributed by atoms with E-state index in [1.807, 2.05) is 82.4 Å². The van der Waals surface area contributed by atoms with Gasteiger partial charge in [0, 0.05) is 105 Å². The van der Waals surface area contributed by atoms with Crippen molar-refractivity contribution in [2.75, 3.05) is 46.3 Å². The second-order valence-electron chi connectivity index (χ2n) is 18.9. The van der Waals surface area contributed by atoms with Gasteiger partial charge in [-0.2, -0.15) is 0 Å². The number of carbonyl (C=O) groups is 4. The Kier molecular flexibility index (Phi) is 16.8. The molecule has 1 unspecified atom stereocenters. The monoisotopic (exact) mass is 931 g/mol. The average molecular weight is 931 g/mol. The van der Waals surface area contributed by atoms with Gasteiger partial charge in [-0.05, 0) is 122 Å². The van der Waals surface area contributed by atoms with Gasteiger partial charge in [-0.25, -0.2) is 9.98 Å². The molecular formula is C57H70N8O4. The number of nitrogens with two attached hydrogens (primary N) is 1. The van der Waals surface area contributed by atoms with Crippen LogP contribution in [0.2, 0.25) is 0 Å². The smallest absolute Gasteiger partial charge is 0.254 e. The van der Waals surface area contributed by atoms with Gasteiger partial charge in [0.25, 0.3) is 5.91 Å². The van der Waals surface area contributed by atoms with Crippen LogP contribution in [0.5, 0.6) is 0 Å². The molecule has 3 amide bonds. The zero-order valence-electron chi connectivity index (χ0n) is 41.7. The minimum atomic E-state index is -0.0749. The van der Waals surface area contributed by atoms with Gasteiger partial charge in [0.15, 0.2) is 0 Å². The van der Waals surface area contributed by atoms with Crippen molar-refractivity contribution in [1.29, 1.82) is 0 Å². The lowest BCUT2D eigenvalue weighted by atomic mass is 9.97. The molecular weight excluding hydrogens is 861 g/mol. The SMILES string of the molecule is CCCN(CCC)C(=O)C1=Cc2ccc(-c3ccc(C=O)c(CN(C)CC(C)NC4=Nc5cc(-c6ccc7c(c6)CN(CCC)C7=O)ccc5C=C(C(=O)N(CCC)CCC)C4)c3)cc2N=C(N)C1. The largest absolute Gasteiger partial charge is 0.387 e. The van der Waals surface area contributed by atoms with Crippen molar-refractivity contribution in [2.45, 2.75) is 106 Å². The first-order valence-corrected chi connectivity index (χ1v) is 25.0. The molecule has 0 saturated carbocycles. The first-order chi connectivity index (χ1) is 33.4. The molecule has 1 atom stereocenters. The second kappa shape index (κ2) is 23.1. The number of amides is 3. The number of rotatable bonds is 20. The third-order valence-electron chi connectivity index (χ3n) is 12.9. The van der Waals surface area contributed by atoms with Crippen LogP contribution < -0.4 is 11.1 Å². The zero-order chi connectivity index (χ0) is 49.2. The van der Waals surface area contributed by atoms with Gasteiger partial charge in [0.2, 0.25) is 11.8 Å². The average Bonchev–Trinajstić information content (AvgIpc) is 3.43. The van der Waals surface area contributed by atoms with E-state index in [1.165, 1.54) is 0 Å². The van der Waals surface area contributed by atoms with Gasteiger partial charge in [0.1, 0.15) is 18.0 Å². The number of benzene rings is 4. The third kappa shape index (κ3) is 12.0. The lowest BCUT2D eigenvalue weighted by Crippen LogP contribution is -2.41. The summed E-state index contributed by atoms with van der Waals surface area (Å²) in [6, 6.07) is 24.1. The number of hydrogen-bond donors (Lipinski definition) is 2. The molecule has 362 valence electrons. The molecule has 0 fully saturated rings. The number of carbonyl (C=O) groups excluding carboxylic acids is 4. The summed E-state index contributed by atoms with van der Waals surface area (Å²) >= 11 is 0. The van der Waals surface area contributed by atoms with Crippen molar-refractivity contribution >= 4 is 59.2 Å². The first-order valence-electron chi connectivity index (χ1n) is 25.0. The molecule has 3 aliphatic rings. The number of amidine groups is 2. The van der Waals surface area contributed by atoms with E-state index >= 15 is 0 Å². The maximum Gasteiger partial charge on any atom is 0.254 e. The van der Waals surface area contributed by atoms with Crippen LogP contribution in [0.25, 0.3) is 34.4 Å². The number of hydrogen-bond acceptors (Lipinski definition) is 9. The predicted molar refractivity (Wildman–Crippen MR) is 281 cm³/mol. The lowest BCUT2D eigenvalue weighted by Gasteiger charge is -2.25. The van der Waals surface area contributed by atoms with E-state index in [0.29, 0.717) is 86.3 Å². The van der Waals surface area contributed by atoms with Crippen molar-refractivity contribution in [1.82, 2.24) is 24.9 Å². The van der Waals surface area contributed by atoms with Crippen molar-refractivity contribution in [3.63, 3.8) is 0 Å². The quantitative estimate of drug-likeness (QED) is 0.0840. The fraction of sp³-hybridized carbons (Fsp3) is 0.404. The summed E-state index contributed by atoms with van der Waals surface area (Å²) in [7, 11) is 2.04. The number of fused-ring (bicyclic) bond motifs is 3. The molecule has 0 saturated heterocycles. The molecule has 7 rings (SSSR count). The van der Waals surface area contributed by atoms with Crippen molar-refractivity contribution in [2.24, 2.45) is 15.7 Å².